The van der Waals surface area contributed by atoms with Crippen LogP contribution >= 0.6 is 0 Å². The third kappa shape index (κ3) is 1.93. The molecule has 0 amide bonds. The topological polar surface area (TPSA) is 73.3 Å². The van der Waals surface area contributed by atoms with Crippen molar-refractivity contribution >= 4 is 11.2 Å². The van der Waals surface area contributed by atoms with Gasteiger partial charge in [0.2, 0.25) is 0 Å². The molecular weight excluding hydrogens is 244 g/mol. The third-order valence-corrected chi connectivity index (χ3v) is 2.86. The molecule has 0 unspecified atom stereocenters. The molecular formula is C13H10N4O2. The fraction of sp³-hybridized carbons (Fsp3) is 0.0769. The van der Waals surface area contributed by atoms with Gasteiger partial charge in [0, 0.05) is 30.1 Å². The van der Waals surface area contributed by atoms with Gasteiger partial charge in [-0.05, 0) is 25.1 Å². The lowest BCUT2D eigenvalue weighted by Crippen LogP contribution is -1.93. The first-order valence-corrected chi connectivity index (χ1v) is 5.71. The van der Waals surface area contributed by atoms with Crippen molar-refractivity contribution in [3.05, 3.63) is 58.5 Å². The Balaban J connectivity index is 2.15. The molecule has 0 aliphatic heterocycles. The van der Waals surface area contributed by atoms with Crippen LogP contribution in [0.1, 0.15) is 5.69 Å². The molecule has 6 nitrogen and oxygen atoms in total. The number of hydrogen-bond acceptors (Lipinski definition) is 4. The van der Waals surface area contributed by atoms with Crippen LogP contribution in [0.3, 0.4) is 0 Å². The largest absolute Gasteiger partial charge is 0.269 e. The Bertz CT molecular complexity index is 762. The van der Waals surface area contributed by atoms with Gasteiger partial charge in [0.05, 0.1) is 21.8 Å². The Morgan fingerprint density at radius 2 is 2.00 bits per heavy atom. The zero-order valence-corrected chi connectivity index (χ0v) is 10.1. The van der Waals surface area contributed by atoms with Crippen molar-refractivity contribution < 1.29 is 4.92 Å². The van der Waals surface area contributed by atoms with Crippen LogP contribution in [0, 0.1) is 17.0 Å². The van der Waals surface area contributed by atoms with E-state index in [-0.39, 0.29) is 5.69 Å². The van der Waals surface area contributed by atoms with Crippen molar-refractivity contribution in [3.63, 3.8) is 0 Å². The summed E-state index contributed by atoms with van der Waals surface area (Å²) in [4.78, 5) is 14.6. The van der Waals surface area contributed by atoms with Crippen LogP contribution < -0.4 is 0 Å². The van der Waals surface area contributed by atoms with Gasteiger partial charge in [0.1, 0.15) is 0 Å². The lowest BCUT2D eigenvalue weighted by Gasteiger charge is -2.02. The molecule has 0 aliphatic carbocycles. The molecule has 0 radical (unpaired) electrons. The fourth-order valence-corrected chi connectivity index (χ4v) is 2.01. The maximum Gasteiger partial charge on any atom is 0.269 e. The molecule has 2 aromatic heterocycles. The van der Waals surface area contributed by atoms with Crippen LogP contribution in [0.25, 0.3) is 16.8 Å². The Hall–Kier alpha value is -2.76. The predicted octanol–water partition coefficient (Wildman–Crippen LogP) is 2.61. The second-order valence-electron chi connectivity index (χ2n) is 4.20. The maximum absolute atomic E-state index is 10.6. The second-order valence-corrected chi connectivity index (χ2v) is 4.20. The van der Waals surface area contributed by atoms with E-state index in [0.29, 0.717) is 0 Å². The number of fused-ring (bicyclic) bond motifs is 1. The summed E-state index contributed by atoms with van der Waals surface area (Å²) in [5.74, 6) is 0. The van der Waals surface area contributed by atoms with E-state index in [1.807, 2.05) is 13.0 Å². The predicted molar refractivity (Wildman–Crippen MR) is 69.8 cm³/mol. The SMILES string of the molecule is Cc1cc2c(-c3ccc([N+](=O)[O-])cc3)nccn2n1. The van der Waals surface area contributed by atoms with Crippen LogP contribution in [-0.2, 0) is 0 Å². The van der Waals surface area contributed by atoms with Crippen LogP contribution in [0.5, 0.6) is 0 Å². The van der Waals surface area contributed by atoms with E-state index in [9.17, 15) is 10.1 Å². The van der Waals surface area contributed by atoms with Gasteiger partial charge in [-0.2, -0.15) is 5.10 Å². The molecule has 2 heterocycles. The summed E-state index contributed by atoms with van der Waals surface area (Å²) in [5.41, 5.74) is 3.44. The number of non-ortho nitro benzene ring substituents is 1. The Morgan fingerprint density at radius 1 is 1.26 bits per heavy atom. The first-order valence-electron chi connectivity index (χ1n) is 5.71. The summed E-state index contributed by atoms with van der Waals surface area (Å²) in [6, 6.07) is 8.28. The van der Waals surface area contributed by atoms with Crippen molar-refractivity contribution in [2.45, 2.75) is 6.92 Å². The van der Waals surface area contributed by atoms with Gasteiger partial charge in [0.15, 0.2) is 0 Å². The van der Waals surface area contributed by atoms with E-state index < -0.39 is 4.92 Å². The van der Waals surface area contributed by atoms with Gasteiger partial charge in [-0.3, -0.25) is 15.1 Å². The number of aryl methyl sites for hydroxylation is 1. The van der Waals surface area contributed by atoms with Crippen LogP contribution in [0.2, 0.25) is 0 Å². The quantitative estimate of drug-likeness (QED) is 0.520. The molecule has 94 valence electrons. The molecule has 1 aromatic carbocycles. The van der Waals surface area contributed by atoms with Gasteiger partial charge in [-0.25, -0.2) is 4.52 Å². The minimum Gasteiger partial charge on any atom is -0.258 e. The average molecular weight is 254 g/mol. The minimum atomic E-state index is -0.416. The molecule has 6 heteroatoms. The normalized spacial score (nSPS) is 10.8. The van der Waals surface area contributed by atoms with Crippen molar-refractivity contribution in [1.29, 1.82) is 0 Å². The standard InChI is InChI=1S/C13H10N4O2/c1-9-8-12-13(14-6-7-16(12)15-9)10-2-4-11(5-3-10)17(18)19/h2-8H,1H3. The molecule has 0 spiro atoms. The van der Waals surface area contributed by atoms with Crippen LogP contribution in [0.15, 0.2) is 42.7 Å². The highest BCUT2D eigenvalue weighted by molar-refractivity contribution is 5.77. The van der Waals surface area contributed by atoms with Gasteiger partial charge in [0.25, 0.3) is 5.69 Å². The highest BCUT2D eigenvalue weighted by atomic mass is 16.6. The molecule has 0 atom stereocenters. The molecule has 0 fully saturated rings. The molecule has 0 aliphatic rings. The molecule has 0 bridgehead atoms. The van der Waals surface area contributed by atoms with Gasteiger partial charge in [-0.15, -0.1) is 0 Å². The summed E-state index contributed by atoms with van der Waals surface area (Å²) in [6.07, 6.45) is 3.44. The average Bonchev–Trinajstić information content (AvgIpc) is 2.78. The summed E-state index contributed by atoms with van der Waals surface area (Å²) >= 11 is 0. The maximum atomic E-state index is 10.6. The summed E-state index contributed by atoms with van der Waals surface area (Å²) in [5, 5.41) is 15.0. The van der Waals surface area contributed by atoms with Gasteiger partial charge < -0.3 is 0 Å². The van der Waals surface area contributed by atoms with E-state index in [1.165, 1.54) is 12.1 Å². The zero-order valence-electron chi connectivity index (χ0n) is 10.1. The fourth-order valence-electron chi connectivity index (χ4n) is 2.01. The highest BCUT2D eigenvalue weighted by Gasteiger charge is 2.10. The monoisotopic (exact) mass is 254 g/mol. The van der Waals surface area contributed by atoms with Crippen molar-refractivity contribution in [2.75, 3.05) is 0 Å². The first-order chi connectivity index (χ1) is 9.15. The number of nitrogens with zero attached hydrogens (tertiary/aromatic N) is 4. The Kier molecular flexibility index (Phi) is 2.49. The number of rotatable bonds is 2. The number of nitro groups is 1. The molecule has 3 aromatic rings. The smallest absolute Gasteiger partial charge is 0.258 e. The zero-order chi connectivity index (χ0) is 13.4. The third-order valence-electron chi connectivity index (χ3n) is 2.86. The number of benzene rings is 1. The molecule has 0 N–H and O–H groups in total. The lowest BCUT2D eigenvalue weighted by atomic mass is 10.1. The Labute approximate surface area is 108 Å². The van der Waals surface area contributed by atoms with Crippen LogP contribution in [-0.4, -0.2) is 19.5 Å². The van der Waals surface area contributed by atoms with Crippen molar-refractivity contribution in [1.82, 2.24) is 14.6 Å². The number of hydrogen-bond donors (Lipinski definition) is 0. The molecule has 19 heavy (non-hydrogen) atoms. The van der Waals surface area contributed by atoms with Crippen LogP contribution in [0.4, 0.5) is 5.69 Å². The molecule has 0 saturated carbocycles. The molecule has 0 saturated heterocycles. The second kappa shape index (κ2) is 4.16. The van der Waals surface area contributed by atoms with E-state index in [0.717, 1.165) is 22.5 Å². The number of aromatic nitrogens is 3. The summed E-state index contributed by atoms with van der Waals surface area (Å²) < 4.78 is 1.75. The van der Waals surface area contributed by atoms with E-state index in [1.54, 1.807) is 29.0 Å². The lowest BCUT2D eigenvalue weighted by molar-refractivity contribution is -0.384. The van der Waals surface area contributed by atoms with E-state index in [2.05, 4.69) is 10.1 Å². The summed E-state index contributed by atoms with van der Waals surface area (Å²) in [6.45, 7) is 1.91. The summed E-state index contributed by atoms with van der Waals surface area (Å²) in [7, 11) is 0. The highest BCUT2D eigenvalue weighted by Crippen LogP contribution is 2.24. The van der Waals surface area contributed by atoms with Gasteiger partial charge >= 0.3 is 0 Å². The first kappa shape index (κ1) is 11.3. The van der Waals surface area contributed by atoms with E-state index >= 15 is 0 Å². The van der Waals surface area contributed by atoms with Gasteiger partial charge in [-0.1, -0.05) is 0 Å². The molecule has 3 rings (SSSR count). The van der Waals surface area contributed by atoms with Crippen molar-refractivity contribution in [3.8, 4) is 11.3 Å². The van der Waals surface area contributed by atoms with E-state index in [4.69, 9.17) is 0 Å². The minimum absolute atomic E-state index is 0.0698. The Morgan fingerprint density at radius 3 is 2.68 bits per heavy atom. The van der Waals surface area contributed by atoms with Crippen molar-refractivity contribution in [2.24, 2.45) is 0 Å². The number of nitro benzene ring substituents is 1.